The average Bonchev–Trinajstić information content (AvgIpc) is 3.31. The minimum absolute atomic E-state index is 0.0803. The highest BCUT2D eigenvalue weighted by Crippen LogP contribution is 2.44. The van der Waals surface area contributed by atoms with Crippen molar-refractivity contribution in [3.63, 3.8) is 0 Å². The summed E-state index contributed by atoms with van der Waals surface area (Å²) in [6, 6.07) is 0. The van der Waals surface area contributed by atoms with E-state index in [0.29, 0.717) is 32.1 Å². The molecule has 2 saturated carbocycles. The molecule has 0 amide bonds. The van der Waals surface area contributed by atoms with Crippen LogP contribution in [0.5, 0.6) is 0 Å². The Kier molecular flexibility index (Phi) is 12.9. The summed E-state index contributed by atoms with van der Waals surface area (Å²) in [5.74, 6) is -1.62. The summed E-state index contributed by atoms with van der Waals surface area (Å²) in [7, 11) is 0. The molecule has 45 heavy (non-hydrogen) atoms. The van der Waals surface area contributed by atoms with Crippen molar-refractivity contribution in [2.24, 2.45) is 29.6 Å². The molecule has 2 saturated heterocycles. The maximum atomic E-state index is 11.5. The third-order valence-corrected chi connectivity index (χ3v) is 10.9. The van der Waals surface area contributed by atoms with Crippen LogP contribution in [0.2, 0.25) is 0 Å². The summed E-state index contributed by atoms with van der Waals surface area (Å²) in [6.45, 7) is 14.9. The third kappa shape index (κ3) is 7.47. The van der Waals surface area contributed by atoms with E-state index in [1.807, 2.05) is 27.7 Å². The molecule has 2 aliphatic carbocycles. The molecule has 2 heterocycles. The molecule has 12 heteroatoms. The van der Waals surface area contributed by atoms with Gasteiger partial charge in [-0.1, -0.05) is 47.6 Å². The molecule has 0 bridgehead atoms. The largest absolute Gasteiger partial charge is 0.390 e. The second-order valence-corrected chi connectivity index (χ2v) is 14.0. The first-order valence-corrected chi connectivity index (χ1v) is 16.9. The fraction of sp³-hybridized carbons (Fsp3) is 0.939. The smallest absolute Gasteiger partial charge is 0.187 e. The lowest BCUT2D eigenvalue weighted by molar-refractivity contribution is -0.325. The van der Waals surface area contributed by atoms with E-state index in [-0.39, 0.29) is 17.8 Å². The van der Waals surface area contributed by atoms with E-state index in [9.17, 15) is 35.7 Å². The molecule has 20 atom stereocenters. The molecule has 0 radical (unpaired) electrons. The SMILES string of the molecule is C=CCCC1OC(OC2C(O)C(C)CC(C)C2OC2OC(CC)C(O)C(O)C2C)C(O)C1OC1C(C)C(C(O)C(O)CC)C1O. The molecular formula is C33H58O12. The standard InChI is InChI=1S/C33H58O12/c1-8-11-12-20-30(43-29-16(6)21(26(29)39)24(37)18(34)9-2)27(40)33(42-20)45-31-22(35)14(4)13-15(5)28(31)44-32-17(7)23(36)25(38)19(10-3)41-32/h8,14-40H,1,9-13H2,2-7H3. The molecule has 0 aromatic carbocycles. The molecule has 4 aliphatic rings. The van der Waals surface area contributed by atoms with Gasteiger partial charge >= 0.3 is 0 Å². The number of rotatable bonds is 13. The molecule has 0 aromatic rings. The molecule has 7 N–H and O–H groups in total. The average molecular weight is 647 g/mol. The Labute approximate surface area is 267 Å². The number of aliphatic hydroxyl groups excluding tert-OH is 7. The second kappa shape index (κ2) is 15.7. The lowest BCUT2D eigenvalue weighted by atomic mass is 9.65. The zero-order valence-electron chi connectivity index (χ0n) is 27.5. The van der Waals surface area contributed by atoms with Crippen molar-refractivity contribution in [2.75, 3.05) is 0 Å². The first kappa shape index (κ1) is 37.1. The Balaban J connectivity index is 1.50. The Morgan fingerprint density at radius 3 is 1.96 bits per heavy atom. The third-order valence-electron chi connectivity index (χ3n) is 10.9. The van der Waals surface area contributed by atoms with Crippen LogP contribution in [0.4, 0.5) is 0 Å². The van der Waals surface area contributed by atoms with Crippen LogP contribution in [0.3, 0.4) is 0 Å². The highest BCUT2D eigenvalue weighted by molar-refractivity contribution is 5.04. The van der Waals surface area contributed by atoms with Gasteiger partial charge in [0.25, 0.3) is 0 Å². The van der Waals surface area contributed by atoms with Crippen molar-refractivity contribution < 1.29 is 59.4 Å². The normalized spacial score (nSPS) is 50.2. The molecule has 12 nitrogen and oxygen atoms in total. The monoisotopic (exact) mass is 646 g/mol. The second-order valence-electron chi connectivity index (χ2n) is 14.0. The number of allylic oxidation sites excluding steroid dienone is 1. The van der Waals surface area contributed by atoms with Gasteiger partial charge in [0.05, 0.1) is 54.9 Å². The Hall–Kier alpha value is -0.740. The topological polar surface area (TPSA) is 188 Å². The van der Waals surface area contributed by atoms with Gasteiger partial charge in [-0.25, -0.2) is 0 Å². The zero-order valence-corrected chi connectivity index (χ0v) is 27.5. The number of hydrogen-bond acceptors (Lipinski definition) is 12. The number of hydrogen-bond donors (Lipinski definition) is 7. The number of ether oxygens (including phenoxy) is 5. The van der Waals surface area contributed by atoms with Crippen LogP contribution in [-0.2, 0) is 23.7 Å². The summed E-state index contributed by atoms with van der Waals surface area (Å²) in [5.41, 5.74) is 0. The Morgan fingerprint density at radius 1 is 0.711 bits per heavy atom. The molecule has 20 unspecified atom stereocenters. The van der Waals surface area contributed by atoms with Crippen molar-refractivity contribution in [1.82, 2.24) is 0 Å². The Bertz CT molecular complexity index is 927. The van der Waals surface area contributed by atoms with E-state index in [1.165, 1.54) is 0 Å². The highest BCUT2D eigenvalue weighted by atomic mass is 16.7. The van der Waals surface area contributed by atoms with Crippen molar-refractivity contribution in [1.29, 1.82) is 0 Å². The summed E-state index contributed by atoms with van der Waals surface area (Å²) >= 11 is 0. The summed E-state index contributed by atoms with van der Waals surface area (Å²) in [6.07, 6.45) is -9.55. The van der Waals surface area contributed by atoms with Crippen molar-refractivity contribution in [3.05, 3.63) is 12.7 Å². The van der Waals surface area contributed by atoms with E-state index in [4.69, 9.17) is 23.7 Å². The van der Waals surface area contributed by atoms with Gasteiger partial charge < -0.3 is 59.4 Å². The fourth-order valence-electron chi connectivity index (χ4n) is 7.76. The summed E-state index contributed by atoms with van der Waals surface area (Å²) in [4.78, 5) is 0. The predicted molar refractivity (Wildman–Crippen MR) is 163 cm³/mol. The molecule has 262 valence electrons. The van der Waals surface area contributed by atoms with Gasteiger partial charge in [0, 0.05) is 11.8 Å². The molecule has 4 rings (SSSR count). The van der Waals surface area contributed by atoms with Gasteiger partial charge in [0.2, 0.25) is 0 Å². The maximum Gasteiger partial charge on any atom is 0.187 e. The quantitative estimate of drug-likeness (QED) is 0.140. The molecule has 2 aliphatic heterocycles. The van der Waals surface area contributed by atoms with Crippen LogP contribution in [0.1, 0.15) is 73.6 Å². The highest BCUT2D eigenvalue weighted by Gasteiger charge is 2.57. The predicted octanol–water partition coefficient (Wildman–Crippen LogP) is 0.851. The minimum Gasteiger partial charge on any atom is -0.390 e. The van der Waals surface area contributed by atoms with E-state index in [0.717, 1.165) is 0 Å². The lowest BCUT2D eigenvalue weighted by Crippen LogP contribution is -2.63. The summed E-state index contributed by atoms with van der Waals surface area (Å²) in [5, 5.41) is 75.6. The first-order valence-electron chi connectivity index (χ1n) is 16.9. The molecule has 4 fully saturated rings. The van der Waals surface area contributed by atoms with E-state index >= 15 is 0 Å². The molecule has 0 aromatic heterocycles. The van der Waals surface area contributed by atoms with Gasteiger partial charge in [0.15, 0.2) is 12.6 Å². The van der Waals surface area contributed by atoms with Gasteiger partial charge in [-0.05, 0) is 49.9 Å². The van der Waals surface area contributed by atoms with E-state index in [2.05, 4.69) is 6.58 Å². The van der Waals surface area contributed by atoms with E-state index < -0.39 is 104 Å². The van der Waals surface area contributed by atoms with Crippen molar-refractivity contribution in [2.45, 2.75) is 166 Å². The van der Waals surface area contributed by atoms with Crippen LogP contribution in [0, 0.1) is 29.6 Å². The molecule has 0 spiro atoms. The van der Waals surface area contributed by atoms with Gasteiger partial charge in [-0.15, -0.1) is 6.58 Å². The van der Waals surface area contributed by atoms with Gasteiger partial charge in [-0.2, -0.15) is 0 Å². The summed E-state index contributed by atoms with van der Waals surface area (Å²) < 4.78 is 31.4. The van der Waals surface area contributed by atoms with Gasteiger partial charge in [0.1, 0.15) is 24.4 Å². The number of aliphatic hydroxyl groups is 7. The van der Waals surface area contributed by atoms with Crippen molar-refractivity contribution >= 4 is 0 Å². The first-order chi connectivity index (χ1) is 21.3. The minimum atomic E-state index is -1.27. The fourth-order valence-corrected chi connectivity index (χ4v) is 7.76. The maximum absolute atomic E-state index is 11.5. The van der Waals surface area contributed by atoms with E-state index in [1.54, 1.807) is 19.9 Å². The van der Waals surface area contributed by atoms with Crippen LogP contribution in [0.15, 0.2) is 12.7 Å². The van der Waals surface area contributed by atoms with Crippen LogP contribution in [-0.4, -0.2) is 128 Å². The van der Waals surface area contributed by atoms with Crippen LogP contribution >= 0.6 is 0 Å². The van der Waals surface area contributed by atoms with Gasteiger partial charge in [-0.3, -0.25) is 0 Å². The lowest BCUT2D eigenvalue weighted by Gasteiger charge is -2.51. The Morgan fingerprint density at radius 2 is 1.36 bits per heavy atom. The van der Waals surface area contributed by atoms with Crippen molar-refractivity contribution in [3.8, 4) is 0 Å². The van der Waals surface area contributed by atoms with Crippen LogP contribution < -0.4 is 0 Å². The van der Waals surface area contributed by atoms with Crippen LogP contribution in [0.25, 0.3) is 0 Å². The zero-order chi connectivity index (χ0) is 33.3. The molecular weight excluding hydrogens is 588 g/mol.